The predicted molar refractivity (Wildman–Crippen MR) is 130 cm³/mol. The number of hydrogen-bond acceptors (Lipinski definition) is 4. The van der Waals surface area contributed by atoms with Gasteiger partial charge >= 0.3 is 0 Å². The molecule has 0 aliphatic rings. The summed E-state index contributed by atoms with van der Waals surface area (Å²) >= 11 is 0. The van der Waals surface area contributed by atoms with Crippen LogP contribution in [0.5, 0.6) is 5.75 Å². The minimum atomic E-state index is -0.301. The third-order valence-corrected chi connectivity index (χ3v) is 5.55. The molecule has 4 rings (SSSR count). The van der Waals surface area contributed by atoms with Crippen LogP contribution >= 0.6 is 0 Å². The first kappa shape index (κ1) is 23.2. The van der Waals surface area contributed by atoms with Crippen LogP contribution in [-0.4, -0.2) is 32.3 Å². The Morgan fingerprint density at radius 3 is 2.59 bits per heavy atom. The Labute approximate surface area is 198 Å². The molecule has 2 heterocycles. The molecule has 0 saturated carbocycles. The third kappa shape index (κ3) is 5.31. The largest absolute Gasteiger partial charge is 0.507 e. The van der Waals surface area contributed by atoms with Crippen LogP contribution in [0.2, 0.25) is 0 Å². The minimum Gasteiger partial charge on any atom is -0.507 e. The van der Waals surface area contributed by atoms with Crippen LogP contribution in [0.1, 0.15) is 42.4 Å². The lowest BCUT2D eigenvalue weighted by Gasteiger charge is -2.08. The van der Waals surface area contributed by atoms with Gasteiger partial charge in [-0.2, -0.15) is 5.10 Å². The van der Waals surface area contributed by atoms with Gasteiger partial charge in [-0.3, -0.25) is 14.5 Å². The molecule has 0 saturated heterocycles. The summed E-state index contributed by atoms with van der Waals surface area (Å²) in [6, 6.07) is 17.0. The SMILES string of the molecule is CC(C)n1cc(-c2ccnc(CCCNC(=O)c3ccccc3O)c2)c(-c2ccc(F)cc2)n1. The maximum Gasteiger partial charge on any atom is 0.255 e. The highest BCUT2D eigenvalue weighted by Crippen LogP contribution is 2.32. The van der Waals surface area contributed by atoms with E-state index in [1.54, 1.807) is 36.5 Å². The van der Waals surface area contributed by atoms with E-state index in [2.05, 4.69) is 24.1 Å². The number of hydrogen-bond donors (Lipinski definition) is 2. The van der Waals surface area contributed by atoms with Crippen molar-refractivity contribution >= 4 is 5.91 Å². The van der Waals surface area contributed by atoms with Gasteiger partial charge in [-0.1, -0.05) is 12.1 Å². The summed E-state index contributed by atoms with van der Waals surface area (Å²) in [7, 11) is 0. The Kier molecular flexibility index (Phi) is 7.01. The number of carbonyl (C=O) groups excluding carboxylic acids is 1. The smallest absolute Gasteiger partial charge is 0.255 e. The van der Waals surface area contributed by atoms with E-state index >= 15 is 0 Å². The van der Waals surface area contributed by atoms with Gasteiger partial charge in [-0.25, -0.2) is 4.39 Å². The molecule has 4 aromatic rings. The number of para-hydroxylation sites is 1. The lowest BCUT2D eigenvalue weighted by atomic mass is 10.0. The summed E-state index contributed by atoms with van der Waals surface area (Å²) in [6.45, 7) is 4.59. The number of nitrogens with zero attached hydrogens (tertiary/aromatic N) is 3. The first-order chi connectivity index (χ1) is 16.4. The Balaban J connectivity index is 1.47. The Morgan fingerprint density at radius 2 is 1.85 bits per heavy atom. The first-order valence-electron chi connectivity index (χ1n) is 11.3. The molecule has 1 amide bonds. The van der Waals surface area contributed by atoms with Crippen LogP contribution in [-0.2, 0) is 6.42 Å². The van der Waals surface area contributed by atoms with Crippen molar-refractivity contribution in [1.82, 2.24) is 20.1 Å². The van der Waals surface area contributed by atoms with E-state index in [4.69, 9.17) is 5.10 Å². The second kappa shape index (κ2) is 10.3. The molecule has 0 bridgehead atoms. The van der Waals surface area contributed by atoms with Gasteiger partial charge in [0.2, 0.25) is 0 Å². The lowest BCUT2D eigenvalue weighted by Crippen LogP contribution is -2.24. The summed E-state index contributed by atoms with van der Waals surface area (Å²) in [5, 5.41) is 17.4. The van der Waals surface area contributed by atoms with Crippen molar-refractivity contribution in [2.45, 2.75) is 32.7 Å². The van der Waals surface area contributed by atoms with E-state index < -0.39 is 0 Å². The fourth-order valence-corrected chi connectivity index (χ4v) is 3.70. The molecular formula is C27H27FN4O2. The highest BCUT2D eigenvalue weighted by Gasteiger charge is 2.15. The second-order valence-electron chi connectivity index (χ2n) is 8.38. The van der Waals surface area contributed by atoms with Crippen molar-refractivity contribution in [3.8, 4) is 28.1 Å². The van der Waals surface area contributed by atoms with Gasteiger partial charge in [0.25, 0.3) is 5.91 Å². The number of phenols is 1. The molecule has 7 heteroatoms. The van der Waals surface area contributed by atoms with Crippen LogP contribution < -0.4 is 5.32 Å². The normalized spacial score (nSPS) is 11.1. The van der Waals surface area contributed by atoms with Gasteiger partial charge in [-0.15, -0.1) is 0 Å². The van der Waals surface area contributed by atoms with E-state index in [9.17, 15) is 14.3 Å². The fraction of sp³-hybridized carbons (Fsp3) is 0.222. The number of aromatic hydroxyl groups is 1. The van der Waals surface area contributed by atoms with Gasteiger partial charge in [0.05, 0.1) is 5.56 Å². The van der Waals surface area contributed by atoms with Crippen molar-refractivity contribution < 1.29 is 14.3 Å². The Morgan fingerprint density at radius 1 is 1.09 bits per heavy atom. The van der Waals surface area contributed by atoms with Crippen molar-refractivity contribution in [2.24, 2.45) is 0 Å². The number of amides is 1. The van der Waals surface area contributed by atoms with Crippen molar-refractivity contribution in [1.29, 1.82) is 0 Å². The van der Waals surface area contributed by atoms with Crippen LogP contribution in [0.15, 0.2) is 73.1 Å². The molecule has 0 spiro atoms. The molecule has 0 unspecified atom stereocenters. The summed E-state index contributed by atoms with van der Waals surface area (Å²) in [4.78, 5) is 16.7. The topological polar surface area (TPSA) is 80.0 Å². The molecular weight excluding hydrogens is 431 g/mol. The zero-order valence-electron chi connectivity index (χ0n) is 19.2. The fourth-order valence-electron chi connectivity index (χ4n) is 3.70. The van der Waals surface area contributed by atoms with Crippen molar-refractivity contribution in [2.75, 3.05) is 6.54 Å². The molecule has 0 atom stereocenters. The van der Waals surface area contributed by atoms with E-state index in [1.807, 2.05) is 23.0 Å². The van der Waals surface area contributed by atoms with E-state index in [1.165, 1.54) is 18.2 Å². The molecule has 2 N–H and O–H groups in total. The predicted octanol–water partition coefficient (Wildman–Crippen LogP) is 5.40. The van der Waals surface area contributed by atoms with Crippen LogP contribution in [0.25, 0.3) is 22.4 Å². The molecule has 0 aliphatic carbocycles. The van der Waals surface area contributed by atoms with Gasteiger partial charge in [0, 0.05) is 41.8 Å². The number of nitrogens with one attached hydrogen (secondary N) is 1. The van der Waals surface area contributed by atoms with E-state index in [0.29, 0.717) is 19.4 Å². The molecule has 0 radical (unpaired) electrons. The number of pyridine rings is 1. The average molecular weight is 459 g/mol. The molecule has 2 aromatic carbocycles. The number of aryl methyl sites for hydroxylation is 1. The number of halogens is 1. The third-order valence-electron chi connectivity index (χ3n) is 5.55. The van der Waals surface area contributed by atoms with Crippen molar-refractivity contribution in [3.63, 3.8) is 0 Å². The molecule has 0 aliphatic heterocycles. The van der Waals surface area contributed by atoms with Gasteiger partial charge in [0.1, 0.15) is 17.3 Å². The number of phenolic OH excluding ortho intramolecular Hbond substituents is 1. The summed E-state index contributed by atoms with van der Waals surface area (Å²) in [6.07, 6.45) is 5.16. The summed E-state index contributed by atoms with van der Waals surface area (Å²) < 4.78 is 15.4. The average Bonchev–Trinajstić information content (AvgIpc) is 3.29. The molecule has 2 aromatic heterocycles. The van der Waals surface area contributed by atoms with E-state index in [0.717, 1.165) is 28.1 Å². The quantitative estimate of drug-likeness (QED) is 0.347. The molecule has 34 heavy (non-hydrogen) atoms. The minimum absolute atomic E-state index is 0.0340. The highest BCUT2D eigenvalue weighted by atomic mass is 19.1. The number of carbonyl (C=O) groups is 1. The maximum atomic E-state index is 13.5. The monoisotopic (exact) mass is 458 g/mol. The summed E-state index contributed by atoms with van der Waals surface area (Å²) in [5.41, 5.74) is 4.74. The van der Waals surface area contributed by atoms with Gasteiger partial charge < -0.3 is 10.4 Å². The zero-order chi connectivity index (χ0) is 24.1. The van der Waals surface area contributed by atoms with Gasteiger partial charge in [-0.05, 0) is 80.8 Å². The van der Waals surface area contributed by atoms with Crippen LogP contribution in [0, 0.1) is 5.82 Å². The number of aromatic nitrogens is 3. The molecule has 6 nitrogen and oxygen atoms in total. The van der Waals surface area contributed by atoms with Gasteiger partial charge in [0.15, 0.2) is 0 Å². The van der Waals surface area contributed by atoms with Crippen LogP contribution in [0.4, 0.5) is 4.39 Å². The van der Waals surface area contributed by atoms with Crippen molar-refractivity contribution in [3.05, 3.63) is 90.1 Å². The first-order valence-corrected chi connectivity index (χ1v) is 11.3. The second-order valence-corrected chi connectivity index (χ2v) is 8.38. The molecule has 0 fully saturated rings. The number of rotatable bonds is 8. The lowest BCUT2D eigenvalue weighted by molar-refractivity contribution is 0.0950. The Bertz CT molecular complexity index is 1280. The zero-order valence-corrected chi connectivity index (χ0v) is 19.2. The maximum absolute atomic E-state index is 13.5. The Hall–Kier alpha value is -4.00. The highest BCUT2D eigenvalue weighted by molar-refractivity contribution is 5.96. The van der Waals surface area contributed by atoms with Crippen LogP contribution in [0.3, 0.4) is 0 Å². The number of benzene rings is 2. The molecule has 174 valence electrons. The standard InChI is InChI=1S/C27H27FN4O2/c1-18(2)32-17-24(26(31-32)19-9-11-21(28)12-10-19)20-13-15-29-22(16-20)6-5-14-30-27(34)23-7-3-4-8-25(23)33/h3-4,7-13,15-18,33H,5-6,14H2,1-2H3,(H,30,34). The summed E-state index contributed by atoms with van der Waals surface area (Å²) in [5.74, 6) is -0.618. The van der Waals surface area contributed by atoms with E-state index in [-0.39, 0.29) is 29.1 Å².